The van der Waals surface area contributed by atoms with Crippen molar-refractivity contribution < 1.29 is 18.7 Å². The van der Waals surface area contributed by atoms with Crippen LogP contribution >= 0.6 is 11.3 Å². The van der Waals surface area contributed by atoms with Gasteiger partial charge >= 0.3 is 0 Å². The number of carbonyl (C=O) groups is 1. The Hall–Kier alpha value is -1.67. The zero-order chi connectivity index (χ0) is 17.3. The monoisotopic (exact) mass is 362 g/mol. The van der Waals surface area contributed by atoms with Gasteiger partial charge in [-0.05, 0) is 19.1 Å². The van der Waals surface area contributed by atoms with Gasteiger partial charge in [-0.3, -0.25) is 9.69 Å². The van der Waals surface area contributed by atoms with E-state index < -0.39 is 5.60 Å². The van der Waals surface area contributed by atoms with Crippen LogP contribution in [0.1, 0.15) is 9.75 Å². The summed E-state index contributed by atoms with van der Waals surface area (Å²) in [7, 11) is 0. The Kier molecular flexibility index (Phi) is 4.64. The molecule has 0 saturated carbocycles. The number of furan rings is 1. The number of amides is 1. The summed E-state index contributed by atoms with van der Waals surface area (Å²) >= 11 is 1.82. The molecule has 2 aliphatic heterocycles. The number of aryl methyl sites for hydroxylation is 1. The van der Waals surface area contributed by atoms with Crippen LogP contribution in [-0.4, -0.2) is 55.9 Å². The minimum Gasteiger partial charge on any atom is -0.470 e. The number of hydrogen-bond donors (Lipinski definition) is 0. The molecule has 2 aliphatic rings. The van der Waals surface area contributed by atoms with E-state index in [1.165, 1.54) is 9.75 Å². The molecule has 1 amide bonds. The van der Waals surface area contributed by atoms with Gasteiger partial charge < -0.3 is 18.8 Å². The Labute approximate surface area is 150 Å². The molecule has 2 fully saturated rings. The van der Waals surface area contributed by atoms with Gasteiger partial charge in [-0.1, -0.05) is 0 Å². The Bertz CT molecular complexity index is 729. The van der Waals surface area contributed by atoms with E-state index in [1.807, 2.05) is 11.3 Å². The minimum absolute atomic E-state index is 0.0447. The number of ether oxygens (including phenoxy) is 2. The van der Waals surface area contributed by atoms with E-state index >= 15 is 0 Å². The largest absolute Gasteiger partial charge is 0.470 e. The van der Waals surface area contributed by atoms with Crippen LogP contribution < -0.4 is 4.90 Å². The zero-order valence-corrected chi connectivity index (χ0v) is 15.1. The lowest BCUT2D eigenvalue weighted by molar-refractivity contribution is -0.146. The summed E-state index contributed by atoms with van der Waals surface area (Å²) < 4.78 is 17.0. The molecular weight excluding hydrogens is 340 g/mol. The molecule has 2 aromatic rings. The second-order valence-corrected chi connectivity index (χ2v) is 8.08. The molecule has 1 spiro atoms. The fraction of sp³-hybridized carbons (Fsp3) is 0.500. The SMILES string of the molecule is Cc1ccc(CN2CCOC[C@]3(C2)CN(c2ccoc2)C(=O)CO3)s1. The van der Waals surface area contributed by atoms with Crippen molar-refractivity contribution in [2.75, 3.05) is 44.4 Å². The molecule has 0 aromatic carbocycles. The van der Waals surface area contributed by atoms with Gasteiger partial charge in [0.15, 0.2) is 0 Å². The Balaban J connectivity index is 1.51. The first-order valence-corrected chi connectivity index (χ1v) is 9.27. The van der Waals surface area contributed by atoms with E-state index in [2.05, 4.69) is 24.0 Å². The highest BCUT2D eigenvalue weighted by molar-refractivity contribution is 7.11. The molecule has 4 rings (SSSR count). The zero-order valence-electron chi connectivity index (χ0n) is 14.3. The minimum atomic E-state index is -0.506. The van der Waals surface area contributed by atoms with Crippen molar-refractivity contribution >= 4 is 22.9 Å². The van der Waals surface area contributed by atoms with Gasteiger partial charge in [0, 0.05) is 35.5 Å². The summed E-state index contributed by atoms with van der Waals surface area (Å²) in [5.74, 6) is -0.0447. The van der Waals surface area contributed by atoms with Crippen molar-refractivity contribution in [1.82, 2.24) is 4.90 Å². The van der Waals surface area contributed by atoms with E-state index in [4.69, 9.17) is 13.9 Å². The molecule has 134 valence electrons. The van der Waals surface area contributed by atoms with Gasteiger partial charge in [-0.25, -0.2) is 0 Å². The number of carbonyl (C=O) groups excluding carboxylic acids is 1. The Morgan fingerprint density at radius 3 is 2.96 bits per heavy atom. The molecule has 0 radical (unpaired) electrons. The van der Waals surface area contributed by atoms with E-state index in [0.717, 1.165) is 25.3 Å². The average Bonchev–Trinajstić information content (AvgIpc) is 3.22. The lowest BCUT2D eigenvalue weighted by atomic mass is 10.0. The Morgan fingerprint density at radius 2 is 2.20 bits per heavy atom. The molecule has 4 heterocycles. The van der Waals surface area contributed by atoms with Crippen LogP contribution in [0, 0.1) is 6.92 Å². The number of thiophene rings is 1. The second kappa shape index (κ2) is 6.92. The van der Waals surface area contributed by atoms with Gasteiger partial charge in [-0.2, -0.15) is 0 Å². The first-order valence-electron chi connectivity index (χ1n) is 8.46. The third-order valence-electron chi connectivity index (χ3n) is 4.67. The van der Waals surface area contributed by atoms with Crippen molar-refractivity contribution in [3.8, 4) is 0 Å². The summed E-state index contributed by atoms with van der Waals surface area (Å²) in [5.41, 5.74) is 0.269. The molecule has 1 atom stereocenters. The van der Waals surface area contributed by atoms with Crippen molar-refractivity contribution in [1.29, 1.82) is 0 Å². The number of morpholine rings is 1. The molecule has 0 N–H and O–H groups in total. The molecule has 25 heavy (non-hydrogen) atoms. The second-order valence-electron chi connectivity index (χ2n) is 6.71. The summed E-state index contributed by atoms with van der Waals surface area (Å²) in [4.78, 5) is 19.1. The van der Waals surface area contributed by atoms with Crippen LogP contribution in [0.15, 0.2) is 35.1 Å². The summed E-state index contributed by atoms with van der Waals surface area (Å²) in [6.45, 7) is 6.33. The van der Waals surface area contributed by atoms with E-state index in [1.54, 1.807) is 23.5 Å². The fourth-order valence-electron chi connectivity index (χ4n) is 3.45. The van der Waals surface area contributed by atoms with Crippen molar-refractivity contribution in [2.45, 2.75) is 19.1 Å². The summed E-state index contributed by atoms with van der Waals surface area (Å²) in [6.07, 6.45) is 3.18. The molecule has 7 heteroatoms. The van der Waals surface area contributed by atoms with Gasteiger partial charge in [0.25, 0.3) is 5.91 Å². The Morgan fingerprint density at radius 1 is 1.28 bits per heavy atom. The van der Waals surface area contributed by atoms with E-state index in [0.29, 0.717) is 19.8 Å². The molecule has 2 aromatic heterocycles. The number of anilines is 1. The van der Waals surface area contributed by atoms with Gasteiger partial charge in [0.2, 0.25) is 0 Å². The predicted octanol–water partition coefficient (Wildman–Crippen LogP) is 2.28. The van der Waals surface area contributed by atoms with E-state index in [-0.39, 0.29) is 12.5 Å². The topological polar surface area (TPSA) is 55.2 Å². The van der Waals surface area contributed by atoms with Crippen LogP contribution in [-0.2, 0) is 20.8 Å². The van der Waals surface area contributed by atoms with Gasteiger partial charge in [0.1, 0.15) is 18.5 Å². The van der Waals surface area contributed by atoms with Crippen LogP contribution in [0.3, 0.4) is 0 Å². The van der Waals surface area contributed by atoms with E-state index in [9.17, 15) is 4.79 Å². The maximum atomic E-state index is 12.3. The van der Waals surface area contributed by atoms with Crippen LogP contribution in [0.5, 0.6) is 0 Å². The van der Waals surface area contributed by atoms with Gasteiger partial charge in [-0.15, -0.1) is 11.3 Å². The number of hydrogen-bond acceptors (Lipinski definition) is 6. The highest BCUT2D eigenvalue weighted by Gasteiger charge is 2.43. The van der Waals surface area contributed by atoms with Crippen LogP contribution in [0.2, 0.25) is 0 Å². The lowest BCUT2D eigenvalue weighted by Gasteiger charge is -2.42. The highest BCUT2D eigenvalue weighted by atomic mass is 32.1. The molecule has 0 bridgehead atoms. The predicted molar refractivity (Wildman–Crippen MR) is 94.9 cm³/mol. The molecule has 0 unspecified atom stereocenters. The first kappa shape index (κ1) is 16.8. The summed E-state index contributed by atoms with van der Waals surface area (Å²) in [6, 6.07) is 6.14. The van der Waals surface area contributed by atoms with Gasteiger partial charge in [0.05, 0.1) is 31.7 Å². The van der Waals surface area contributed by atoms with Crippen molar-refractivity contribution in [3.63, 3.8) is 0 Å². The number of nitrogens with zero attached hydrogens (tertiary/aromatic N) is 2. The lowest BCUT2D eigenvalue weighted by Crippen LogP contribution is -2.60. The van der Waals surface area contributed by atoms with Crippen LogP contribution in [0.4, 0.5) is 5.69 Å². The molecule has 2 saturated heterocycles. The molecule has 0 aliphatic carbocycles. The average molecular weight is 362 g/mol. The maximum absolute atomic E-state index is 12.3. The van der Waals surface area contributed by atoms with Crippen LogP contribution in [0.25, 0.3) is 0 Å². The molecular formula is C18H22N2O4S. The smallest absolute Gasteiger partial charge is 0.253 e. The third-order valence-corrected chi connectivity index (χ3v) is 5.66. The normalized spacial score (nSPS) is 25.5. The third kappa shape index (κ3) is 3.64. The standard InChI is InChI=1S/C18H22N2O4S/c1-14-2-3-16(25-14)8-19-5-7-23-13-18(11-19)12-20(17(21)10-24-18)15-4-6-22-9-15/h2-4,6,9H,5,7-8,10-13H2,1H3/t18-/m0/s1. The maximum Gasteiger partial charge on any atom is 0.253 e. The number of rotatable bonds is 3. The molecule has 6 nitrogen and oxygen atoms in total. The highest BCUT2D eigenvalue weighted by Crippen LogP contribution is 2.28. The van der Waals surface area contributed by atoms with Crippen molar-refractivity contribution in [2.24, 2.45) is 0 Å². The fourth-order valence-corrected chi connectivity index (χ4v) is 4.39. The first-order chi connectivity index (χ1) is 12.1. The summed E-state index contributed by atoms with van der Waals surface area (Å²) in [5, 5.41) is 0. The quantitative estimate of drug-likeness (QED) is 0.839. The van der Waals surface area contributed by atoms with Crippen molar-refractivity contribution in [3.05, 3.63) is 40.5 Å².